The third kappa shape index (κ3) is 4.09. The van der Waals surface area contributed by atoms with Crippen molar-refractivity contribution in [1.82, 2.24) is 4.98 Å². The molecule has 0 spiro atoms. The number of fused-ring (bicyclic) bond motifs is 1. The summed E-state index contributed by atoms with van der Waals surface area (Å²) in [5.74, 6) is 0.901. The average molecular weight is 441 g/mol. The van der Waals surface area contributed by atoms with Gasteiger partial charge in [-0.2, -0.15) is 4.57 Å². The lowest BCUT2D eigenvalue weighted by molar-refractivity contribution is -0.554. The molecule has 3 aromatic carbocycles. The van der Waals surface area contributed by atoms with Gasteiger partial charge >= 0.3 is 11.7 Å². The predicted molar refractivity (Wildman–Crippen MR) is 125 cm³/mol. The van der Waals surface area contributed by atoms with Crippen molar-refractivity contribution in [2.45, 2.75) is 29.3 Å². The Morgan fingerprint density at radius 3 is 2.44 bits per heavy atom. The van der Waals surface area contributed by atoms with Gasteiger partial charge in [0, 0.05) is 16.9 Å². The molecular weight excluding hydrogens is 418 g/mol. The van der Waals surface area contributed by atoms with E-state index in [0.29, 0.717) is 17.9 Å². The maximum atomic E-state index is 13.3. The van der Waals surface area contributed by atoms with Gasteiger partial charge in [0.1, 0.15) is 17.6 Å². The number of rotatable bonds is 5. The van der Waals surface area contributed by atoms with Crippen LogP contribution in [-0.2, 0) is 6.42 Å². The molecule has 4 aromatic rings. The van der Waals surface area contributed by atoms with Crippen molar-refractivity contribution in [3.63, 3.8) is 0 Å². The molecule has 1 atom stereocenters. The predicted octanol–water partition coefficient (Wildman–Crippen LogP) is 4.88. The molecule has 0 radical (unpaired) electrons. The number of hydrogen-bond acceptors (Lipinski definition) is 5. The van der Waals surface area contributed by atoms with E-state index in [0.717, 1.165) is 21.0 Å². The van der Waals surface area contributed by atoms with Crippen molar-refractivity contribution in [2.75, 3.05) is 5.32 Å². The summed E-state index contributed by atoms with van der Waals surface area (Å²) >= 11 is 1.53. The number of nitrogens with zero attached hydrogens (tertiary/aromatic N) is 2. The Morgan fingerprint density at radius 2 is 1.72 bits per heavy atom. The van der Waals surface area contributed by atoms with Gasteiger partial charge in [-0.3, -0.25) is 5.32 Å². The van der Waals surface area contributed by atoms with Gasteiger partial charge in [-0.15, -0.1) is 0 Å². The SMILES string of the molecule is Cc1ccc(Sc2nc(-c3ccc(O)cc3)c[n+]3c2NC(Cc2ccccc2)C3=O)cc1. The molecule has 0 amide bonds. The fraction of sp³-hybridized carbons (Fsp3) is 0.115. The summed E-state index contributed by atoms with van der Waals surface area (Å²) in [5.41, 5.74) is 3.81. The molecule has 0 fully saturated rings. The van der Waals surface area contributed by atoms with Crippen LogP contribution in [0.25, 0.3) is 11.3 Å². The molecule has 0 aliphatic carbocycles. The van der Waals surface area contributed by atoms with Crippen LogP contribution in [0.4, 0.5) is 5.82 Å². The van der Waals surface area contributed by atoms with Gasteiger partial charge in [-0.25, -0.2) is 9.78 Å². The fourth-order valence-corrected chi connectivity index (χ4v) is 4.62. The van der Waals surface area contributed by atoms with Crippen LogP contribution in [0.3, 0.4) is 0 Å². The van der Waals surface area contributed by atoms with E-state index in [2.05, 4.69) is 36.5 Å². The Hall–Kier alpha value is -3.64. The lowest BCUT2D eigenvalue weighted by Gasteiger charge is -2.07. The number of carbonyl (C=O) groups excluding carboxylic acids is 1. The maximum absolute atomic E-state index is 13.3. The van der Waals surface area contributed by atoms with E-state index >= 15 is 0 Å². The minimum absolute atomic E-state index is 0.00274. The van der Waals surface area contributed by atoms with Crippen LogP contribution >= 0.6 is 11.8 Å². The first-order valence-electron chi connectivity index (χ1n) is 10.4. The zero-order chi connectivity index (χ0) is 22.1. The van der Waals surface area contributed by atoms with Crippen LogP contribution in [0.15, 0.2) is 95.0 Å². The van der Waals surface area contributed by atoms with Crippen LogP contribution < -0.4 is 9.88 Å². The number of benzene rings is 3. The van der Waals surface area contributed by atoms with Gasteiger partial charge in [-0.1, -0.05) is 59.8 Å². The number of aromatic hydroxyl groups is 1. The van der Waals surface area contributed by atoms with Gasteiger partial charge in [-0.05, 0) is 48.9 Å². The summed E-state index contributed by atoms with van der Waals surface area (Å²) in [7, 11) is 0. The van der Waals surface area contributed by atoms with Crippen LogP contribution in [0.5, 0.6) is 5.75 Å². The first kappa shape index (κ1) is 20.3. The van der Waals surface area contributed by atoms with E-state index in [9.17, 15) is 9.90 Å². The minimum atomic E-state index is -0.355. The third-order valence-electron chi connectivity index (χ3n) is 5.44. The second-order valence-corrected chi connectivity index (χ2v) is 8.90. The lowest BCUT2D eigenvalue weighted by atomic mass is 10.1. The molecule has 1 aliphatic heterocycles. The van der Waals surface area contributed by atoms with E-state index in [1.54, 1.807) is 35.0 Å². The number of aromatic nitrogens is 2. The van der Waals surface area contributed by atoms with Crippen LogP contribution in [0.1, 0.15) is 15.9 Å². The highest BCUT2D eigenvalue weighted by molar-refractivity contribution is 7.99. The Labute approximate surface area is 190 Å². The topological polar surface area (TPSA) is 66.1 Å². The summed E-state index contributed by atoms with van der Waals surface area (Å²) in [6.07, 6.45) is 2.38. The summed E-state index contributed by atoms with van der Waals surface area (Å²) in [5, 5.41) is 13.8. The molecule has 1 aliphatic rings. The lowest BCUT2D eigenvalue weighted by Crippen LogP contribution is -2.43. The molecule has 5 rings (SSSR count). The van der Waals surface area contributed by atoms with E-state index in [1.165, 1.54) is 17.3 Å². The maximum Gasteiger partial charge on any atom is 0.359 e. The summed E-state index contributed by atoms with van der Waals surface area (Å²) in [6, 6.07) is 24.8. The number of phenolic OH excluding ortho intramolecular Hbond substituents is 1. The van der Waals surface area contributed by atoms with Gasteiger partial charge in [0.05, 0.1) is 0 Å². The molecule has 2 N–H and O–H groups in total. The van der Waals surface area contributed by atoms with Gasteiger partial charge in [0.15, 0.2) is 11.1 Å². The summed E-state index contributed by atoms with van der Waals surface area (Å²) in [6.45, 7) is 2.06. The molecule has 0 saturated carbocycles. The number of nitrogens with one attached hydrogen (secondary N) is 1. The Kier molecular flexibility index (Phi) is 5.37. The summed E-state index contributed by atoms with van der Waals surface area (Å²) in [4.78, 5) is 19.2. The van der Waals surface area contributed by atoms with Crippen molar-refractivity contribution in [3.05, 3.63) is 96.2 Å². The van der Waals surface area contributed by atoms with Crippen molar-refractivity contribution < 1.29 is 14.5 Å². The van der Waals surface area contributed by atoms with Crippen molar-refractivity contribution >= 4 is 23.5 Å². The Bertz CT molecular complexity index is 1270. The standard InChI is InChI=1S/C26H21N3O2S/c1-17-7-13-21(14-8-17)32-25-24-27-22(15-18-5-3-2-4-6-18)26(31)29(24)16-23(28-25)19-9-11-20(30)12-10-19/h2-14,16,22,30H,15H2,1H3/p+1. The fourth-order valence-electron chi connectivity index (χ4n) is 3.73. The molecular formula is C26H22N3O2S+. The normalized spacial score (nSPS) is 14.8. The van der Waals surface area contributed by atoms with Gasteiger partial charge in [0.2, 0.25) is 0 Å². The van der Waals surface area contributed by atoms with E-state index in [-0.39, 0.29) is 17.7 Å². The summed E-state index contributed by atoms with van der Waals surface area (Å²) < 4.78 is 1.68. The van der Waals surface area contributed by atoms with Crippen LogP contribution in [-0.4, -0.2) is 22.0 Å². The van der Waals surface area contributed by atoms with Crippen LogP contribution in [0, 0.1) is 6.92 Å². The zero-order valence-electron chi connectivity index (χ0n) is 17.5. The number of carbonyl (C=O) groups is 1. The Morgan fingerprint density at radius 1 is 1.00 bits per heavy atom. The molecule has 6 heteroatoms. The highest BCUT2D eigenvalue weighted by Gasteiger charge is 2.41. The highest BCUT2D eigenvalue weighted by Crippen LogP contribution is 2.34. The molecule has 1 unspecified atom stereocenters. The van der Waals surface area contributed by atoms with Crippen molar-refractivity contribution in [1.29, 1.82) is 0 Å². The quantitative estimate of drug-likeness (QED) is 0.433. The number of anilines is 1. The number of hydrogen-bond donors (Lipinski definition) is 2. The Balaban J connectivity index is 1.55. The smallest absolute Gasteiger partial charge is 0.359 e. The second-order valence-electron chi connectivity index (χ2n) is 7.84. The largest absolute Gasteiger partial charge is 0.508 e. The third-order valence-corrected chi connectivity index (χ3v) is 6.43. The molecule has 0 saturated heterocycles. The number of aryl methyl sites for hydroxylation is 1. The molecule has 5 nitrogen and oxygen atoms in total. The average Bonchev–Trinajstić information content (AvgIpc) is 3.12. The van der Waals surface area contributed by atoms with E-state index in [4.69, 9.17) is 4.98 Å². The van der Waals surface area contributed by atoms with Crippen molar-refractivity contribution in [2.24, 2.45) is 0 Å². The van der Waals surface area contributed by atoms with Crippen LogP contribution in [0.2, 0.25) is 0 Å². The molecule has 32 heavy (non-hydrogen) atoms. The van der Waals surface area contributed by atoms with Gasteiger partial charge < -0.3 is 5.11 Å². The highest BCUT2D eigenvalue weighted by atomic mass is 32.2. The van der Waals surface area contributed by atoms with E-state index < -0.39 is 0 Å². The zero-order valence-corrected chi connectivity index (χ0v) is 18.3. The molecule has 2 heterocycles. The molecule has 0 bridgehead atoms. The first-order chi connectivity index (χ1) is 15.6. The van der Waals surface area contributed by atoms with Gasteiger partial charge in [0.25, 0.3) is 0 Å². The molecule has 158 valence electrons. The first-order valence-corrected chi connectivity index (χ1v) is 11.2. The number of phenols is 1. The minimum Gasteiger partial charge on any atom is -0.508 e. The monoisotopic (exact) mass is 440 g/mol. The second kappa shape index (κ2) is 8.48. The van der Waals surface area contributed by atoms with Crippen molar-refractivity contribution in [3.8, 4) is 17.0 Å². The molecule has 1 aromatic heterocycles. The van der Waals surface area contributed by atoms with E-state index in [1.807, 2.05) is 30.3 Å².